The summed E-state index contributed by atoms with van der Waals surface area (Å²) in [5, 5.41) is 3.45. The Labute approximate surface area is 223 Å². The zero-order valence-electron chi connectivity index (χ0n) is 22.1. The number of amides is 3. The number of rotatable bonds is 7. The van der Waals surface area contributed by atoms with Crippen molar-refractivity contribution in [1.29, 1.82) is 0 Å². The number of carbonyl (C=O) groups excluding carboxylic acids is 2. The third-order valence-corrected chi connectivity index (χ3v) is 8.41. The van der Waals surface area contributed by atoms with E-state index in [4.69, 9.17) is 4.74 Å². The Kier molecular flexibility index (Phi) is 6.41. The van der Waals surface area contributed by atoms with Crippen LogP contribution in [0.2, 0.25) is 0 Å². The van der Waals surface area contributed by atoms with Crippen LogP contribution in [0.15, 0.2) is 72.9 Å². The lowest BCUT2D eigenvalue weighted by Crippen LogP contribution is -2.57. The van der Waals surface area contributed by atoms with E-state index in [9.17, 15) is 9.59 Å². The molecule has 3 heterocycles. The molecule has 0 N–H and O–H groups in total. The SMILES string of the molecule is COCCN1C(=O)N(Cc2cccc3ccccc23)C(=O)C12CCN(Cc1cn(C)c3ccccc13)CC2. The second-order valence-corrected chi connectivity index (χ2v) is 10.5. The standard InChI is InChI=1S/C31H34N4O3/c1-32-20-25(27-12-5-6-13-28(27)32)21-33-16-14-31(15-17-33)29(36)34(30(37)35(31)18-19-38-2)22-24-10-7-9-23-8-3-4-11-26(23)24/h3-13,20H,14-19,21-22H2,1-2H3. The molecule has 196 valence electrons. The first kappa shape index (κ1) is 24.6. The maximum atomic E-state index is 14.1. The fraction of sp³-hybridized carbons (Fsp3) is 0.355. The fourth-order valence-corrected chi connectivity index (χ4v) is 6.37. The molecule has 7 nitrogen and oxygen atoms in total. The number of urea groups is 1. The fourth-order valence-electron chi connectivity index (χ4n) is 6.37. The molecule has 1 spiro atoms. The summed E-state index contributed by atoms with van der Waals surface area (Å²) in [5.74, 6) is -0.0728. The van der Waals surface area contributed by atoms with Crippen molar-refractivity contribution in [2.75, 3.05) is 33.4 Å². The maximum Gasteiger partial charge on any atom is 0.328 e. The van der Waals surface area contributed by atoms with Crippen molar-refractivity contribution in [3.05, 3.63) is 84.1 Å². The van der Waals surface area contributed by atoms with Crippen molar-refractivity contribution in [2.24, 2.45) is 7.05 Å². The molecule has 38 heavy (non-hydrogen) atoms. The molecule has 3 aromatic carbocycles. The highest BCUT2D eigenvalue weighted by Crippen LogP contribution is 2.39. The molecule has 3 amide bonds. The lowest BCUT2D eigenvalue weighted by Gasteiger charge is -2.42. The van der Waals surface area contributed by atoms with Crippen LogP contribution in [-0.2, 0) is 29.7 Å². The van der Waals surface area contributed by atoms with E-state index in [-0.39, 0.29) is 18.5 Å². The minimum absolute atomic E-state index is 0.0728. The second-order valence-electron chi connectivity index (χ2n) is 10.5. The van der Waals surface area contributed by atoms with E-state index in [2.05, 4.69) is 65.2 Å². The molecular formula is C31H34N4O3. The lowest BCUT2D eigenvalue weighted by molar-refractivity contribution is -0.136. The summed E-state index contributed by atoms with van der Waals surface area (Å²) in [6.07, 6.45) is 3.45. The number of imide groups is 1. The summed E-state index contributed by atoms with van der Waals surface area (Å²) in [7, 11) is 3.72. The molecule has 6 rings (SSSR count). The van der Waals surface area contributed by atoms with Gasteiger partial charge in [-0.15, -0.1) is 0 Å². The van der Waals surface area contributed by atoms with Crippen molar-refractivity contribution < 1.29 is 14.3 Å². The predicted molar refractivity (Wildman–Crippen MR) is 149 cm³/mol. The van der Waals surface area contributed by atoms with E-state index in [1.54, 1.807) is 12.0 Å². The predicted octanol–water partition coefficient (Wildman–Crippen LogP) is 4.78. The van der Waals surface area contributed by atoms with Gasteiger partial charge in [0.15, 0.2) is 0 Å². The molecule has 0 aliphatic carbocycles. The Hall–Kier alpha value is -3.68. The van der Waals surface area contributed by atoms with Crippen molar-refractivity contribution in [3.8, 4) is 0 Å². The van der Waals surface area contributed by atoms with Gasteiger partial charge in [-0.2, -0.15) is 0 Å². The molecule has 0 saturated carbocycles. The van der Waals surface area contributed by atoms with Gasteiger partial charge in [0.2, 0.25) is 0 Å². The number of nitrogens with zero attached hydrogens (tertiary/aromatic N) is 4. The number of carbonyl (C=O) groups is 2. The van der Waals surface area contributed by atoms with Crippen LogP contribution in [0.25, 0.3) is 21.7 Å². The third-order valence-electron chi connectivity index (χ3n) is 8.41. The molecule has 7 heteroatoms. The van der Waals surface area contributed by atoms with Gasteiger partial charge in [0.05, 0.1) is 13.2 Å². The number of aromatic nitrogens is 1. The number of fused-ring (bicyclic) bond motifs is 2. The van der Waals surface area contributed by atoms with Crippen LogP contribution < -0.4 is 0 Å². The van der Waals surface area contributed by atoms with E-state index < -0.39 is 5.54 Å². The summed E-state index contributed by atoms with van der Waals surface area (Å²) < 4.78 is 7.51. The zero-order chi connectivity index (χ0) is 26.3. The van der Waals surface area contributed by atoms with Gasteiger partial charge in [0.1, 0.15) is 5.54 Å². The van der Waals surface area contributed by atoms with Crippen LogP contribution in [0.1, 0.15) is 24.0 Å². The first-order valence-electron chi connectivity index (χ1n) is 13.4. The minimum Gasteiger partial charge on any atom is -0.383 e. The molecule has 0 bridgehead atoms. The second kappa shape index (κ2) is 9.89. The Morgan fingerprint density at radius 3 is 2.34 bits per heavy atom. The average Bonchev–Trinajstić information content (AvgIpc) is 3.35. The van der Waals surface area contributed by atoms with Gasteiger partial charge in [-0.3, -0.25) is 14.6 Å². The van der Waals surface area contributed by atoms with E-state index in [0.29, 0.717) is 26.0 Å². The number of ether oxygens (including phenoxy) is 1. The molecule has 2 aliphatic heterocycles. The minimum atomic E-state index is -0.810. The van der Waals surface area contributed by atoms with Gasteiger partial charge in [-0.25, -0.2) is 4.79 Å². The quantitative estimate of drug-likeness (QED) is 0.336. The maximum absolute atomic E-state index is 14.1. The largest absolute Gasteiger partial charge is 0.383 e. The highest BCUT2D eigenvalue weighted by atomic mass is 16.5. The number of benzene rings is 3. The number of methoxy groups -OCH3 is 1. The molecule has 0 radical (unpaired) electrons. The van der Waals surface area contributed by atoms with Gasteiger partial charge in [-0.1, -0.05) is 60.7 Å². The van der Waals surface area contributed by atoms with Crippen molar-refractivity contribution in [1.82, 2.24) is 19.3 Å². The molecule has 1 aromatic heterocycles. The summed E-state index contributed by atoms with van der Waals surface area (Å²) in [4.78, 5) is 33.4. The Bertz CT molecular complexity index is 1500. The van der Waals surface area contributed by atoms with Crippen LogP contribution in [0.3, 0.4) is 0 Å². The Morgan fingerprint density at radius 1 is 0.842 bits per heavy atom. The first-order chi connectivity index (χ1) is 18.5. The van der Waals surface area contributed by atoms with Crippen LogP contribution >= 0.6 is 0 Å². The van der Waals surface area contributed by atoms with Crippen molar-refractivity contribution in [2.45, 2.75) is 31.5 Å². The summed E-state index contributed by atoms with van der Waals surface area (Å²) in [5.41, 5.74) is 2.70. The number of likely N-dealkylation sites (tertiary alicyclic amines) is 1. The number of para-hydroxylation sites is 1. The molecule has 2 fully saturated rings. The smallest absolute Gasteiger partial charge is 0.328 e. The van der Waals surface area contributed by atoms with Gasteiger partial charge in [0, 0.05) is 57.4 Å². The van der Waals surface area contributed by atoms with E-state index >= 15 is 0 Å². The zero-order valence-corrected chi connectivity index (χ0v) is 22.1. The molecular weight excluding hydrogens is 476 g/mol. The highest BCUT2D eigenvalue weighted by Gasteiger charge is 2.57. The highest BCUT2D eigenvalue weighted by molar-refractivity contribution is 6.07. The first-order valence-corrected chi connectivity index (χ1v) is 13.4. The third kappa shape index (κ3) is 4.06. The summed E-state index contributed by atoms with van der Waals surface area (Å²) >= 11 is 0. The van der Waals surface area contributed by atoms with Gasteiger partial charge >= 0.3 is 6.03 Å². The van der Waals surface area contributed by atoms with E-state index in [0.717, 1.165) is 36.0 Å². The number of hydrogen-bond donors (Lipinski definition) is 0. The average molecular weight is 511 g/mol. The van der Waals surface area contributed by atoms with Crippen LogP contribution in [0, 0.1) is 0 Å². The molecule has 4 aromatic rings. The molecule has 2 aliphatic rings. The van der Waals surface area contributed by atoms with Crippen LogP contribution in [-0.4, -0.2) is 70.1 Å². The summed E-state index contributed by atoms with van der Waals surface area (Å²) in [6.45, 7) is 3.45. The number of hydrogen-bond acceptors (Lipinski definition) is 4. The van der Waals surface area contributed by atoms with Crippen LogP contribution in [0.5, 0.6) is 0 Å². The number of aryl methyl sites for hydroxylation is 1. The molecule has 2 saturated heterocycles. The van der Waals surface area contributed by atoms with Gasteiger partial charge < -0.3 is 14.2 Å². The number of piperidine rings is 1. The van der Waals surface area contributed by atoms with Gasteiger partial charge in [0.25, 0.3) is 5.91 Å². The van der Waals surface area contributed by atoms with E-state index in [1.807, 2.05) is 24.3 Å². The van der Waals surface area contributed by atoms with E-state index in [1.165, 1.54) is 21.4 Å². The van der Waals surface area contributed by atoms with Crippen molar-refractivity contribution >= 4 is 33.6 Å². The topological polar surface area (TPSA) is 58.0 Å². The lowest BCUT2D eigenvalue weighted by atomic mass is 9.85. The van der Waals surface area contributed by atoms with Gasteiger partial charge in [-0.05, 0) is 40.8 Å². The van der Waals surface area contributed by atoms with Crippen molar-refractivity contribution in [3.63, 3.8) is 0 Å². The monoisotopic (exact) mass is 510 g/mol. The Balaban J connectivity index is 1.24. The Morgan fingerprint density at radius 2 is 1.55 bits per heavy atom. The summed E-state index contributed by atoms with van der Waals surface area (Å²) in [6, 6.07) is 22.4. The molecule has 0 unspecified atom stereocenters. The normalized spacial score (nSPS) is 17.9. The van der Waals surface area contributed by atoms with Crippen LogP contribution in [0.4, 0.5) is 4.79 Å². The molecule has 0 atom stereocenters.